The Balaban J connectivity index is 1.81. The van der Waals surface area contributed by atoms with Gasteiger partial charge in [0.2, 0.25) is 5.91 Å². The van der Waals surface area contributed by atoms with Crippen LogP contribution >= 0.6 is 0 Å². The first-order valence-electron chi connectivity index (χ1n) is 8.24. The predicted octanol–water partition coefficient (Wildman–Crippen LogP) is 2.11. The summed E-state index contributed by atoms with van der Waals surface area (Å²) < 4.78 is 0. The molecule has 3 rings (SSSR count). The quantitative estimate of drug-likeness (QED) is 0.901. The maximum Gasteiger partial charge on any atom is 0.252 e. The highest BCUT2D eigenvalue weighted by molar-refractivity contribution is 5.94. The third-order valence-corrected chi connectivity index (χ3v) is 4.57. The van der Waals surface area contributed by atoms with Crippen molar-refractivity contribution in [3.8, 4) is 0 Å². The summed E-state index contributed by atoms with van der Waals surface area (Å²) in [6.07, 6.45) is 4.58. The molecule has 126 valence electrons. The van der Waals surface area contributed by atoms with Gasteiger partial charge in [0.1, 0.15) is 0 Å². The van der Waals surface area contributed by atoms with Crippen molar-refractivity contribution in [1.29, 1.82) is 0 Å². The summed E-state index contributed by atoms with van der Waals surface area (Å²) in [4.78, 5) is 26.2. The SMILES string of the molecule is Cc1ccc(CC(=O)N2CCCCC2c2[nH]ncc2C(N)=O)cc1. The Bertz CT molecular complexity index is 736. The molecule has 0 aliphatic carbocycles. The molecule has 1 unspecified atom stereocenters. The molecule has 6 nitrogen and oxygen atoms in total. The van der Waals surface area contributed by atoms with Crippen molar-refractivity contribution >= 4 is 11.8 Å². The van der Waals surface area contributed by atoms with Crippen LogP contribution in [0.15, 0.2) is 30.5 Å². The summed E-state index contributed by atoms with van der Waals surface area (Å²) in [5, 5.41) is 6.81. The van der Waals surface area contributed by atoms with E-state index in [0.29, 0.717) is 24.2 Å². The van der Waals surface area contributed by atoms with Crippen LogP contribution in [0.4, 0.5) is 0 Å². The number of hydrogen-bond donors (Lipinski definition) is 2. The normalized spacial score (nSPS) is 17.7. The van der Waals surface area contributed by atoms with Gasteiger partial charge in [0.15, 0.2) is 0 Å². The minimum absolute atomic E-state index is 0.0635. The second kappa shape index (κ2) is 6.86. The van der Waals surface area contributed by atoms with Crippen LogP contribution < -0.4 is 5.73 Å². The molecule has 0 spiro atoms. The zero-order valence-corrected chi connectivity index (χ0v) is 13.8. The number of carbonyl (C=O) groups is 2. The molecule has 24 heavy (non-hydrogen) atoms. The van der Waals surface area contributed by atoms with Crippen LogP contribution in [0, 0.1) is 6.92 Å². The predicted molar refractivity (Wildman–Crippen MR) is 90.3 cm³/mol. The lowest BCUT2D eigenvalue weighted by atomic mass is 9.96. The van der Waals surface area contributed by atoms with Gasteiger partial charge in [0.05, 0.1) is 29.9 Å². The number of primary amides is 1. The lowest BCUT2D eigenvalue weighted by Gasteiger charge is -2.35. The minimum Gasteiger partial charge on any atom is -0.365 e. The first kappa shape index (κ1) is 16.2. The first-order chi connectivity index (χ1) is 11.6. The number of nitrogens with zero attached hydrogens (tertiary/aromatic N) is 2. The van der Waals surface area contributed by atoms with E-state index in [-0.39, 0.29) is 11.9 Å². The van der Waals surface area contributed by atoms with Gasteiger partial charge in [-0.15, -0.1) is 0 Å². The van der Waals surface area contributed by atoms with Gasteiger partial charge >= 0.3 is 0 Å². The lowest BCUT2D eigenvalue weighted by Crippen LogP contribution is -2.40. The van der Waals surface area contributed by atoms with Crippen molar-refractivity contribution in [1.82, 2.24) is 15.1 Å². The molecular weight excluding hydrogens is 304 g/mol. The second-order valence-electron chi connectivity index (χ2n) is 6.32. The molecule has 0 radical (unpaired) electrons. The van der Waals surface area contributed by atoms with Crippen molar-refractivity contribution in [3.05, 3.63) is 52.8 Å². The fraction of sp³-hybridized carbons (Fsp3) is 0.389. The number of piperidine rings is 1. The molecular formula is C18H22N4O2. The average Bonchev–Trinajstić information content (AvgIpc) is 3.07. The molecule has 2 amide bonds. The van der Waals surface area contributed by atoms with Crippen LogP contribution in [0.3, 0.4) is 0 Å². The number of nitrogens with two attached hydrogens (primary N) is 1. The maximum absolute atomic E-state index is 12.8. The van der Waals surface area contributed by atoms with E-state index >= 15 is 0 Å². The highest BCUT2D eigenvalue weighted by Gasteiger charge is 2.31. The highest BCUT2D eigenvalue weighted by Crippen LogP contribution is 2.32. The molecule has 6 heteroatoms. The van der Waals surface area contributed by atoms with Crippen LogP contribution in [0.5, 0.6) is 0 Å². The number of aryl methyl sites for hydroxylation is 1. The number of aromatic amines is 1. The largest absolute Gasteiger partial charge is 0.365 e. The van der Waals surface area contributed by atoms with Crippen LogP contribution in [0.25, 0.3) is 0 Å². The Labute approximate surface area is 141 Å². The number of rotatable bonds is 4. The zero-order chi connectivity index (χ0) is 17.1. The van der Waals surface area contributed by atoms with E-state index in [4.69, 9.17) is 5.73 Å². The van der Waals surface area contributed by atoms with Gasteiger partial charge in [-0.3, -0.25) is 14.7 Å². The van der Waals surface area contributed by atoms with Crippen LogP contribution in [0.2, 0.25) is 0 Å². The third kappa shape index (κ3) is 3.32. The first-order valence-corrected chi connectivity index (χ1v) is 8.24. The molecule has 1 aromatic heterocycles. The molecule has 2 aromatic rings. The van der Waals surface area contributed by atoms with Crippen molar-refractivity contribution in [2.45, 2.75) is 38.6 Å². The number of nitrogens with one attached hydrogen (secondary N) is 1. The second-order valence-corrected chi connectivity index (χ2v) is 6.32. The molecule has 1 saturated heterocycles. The Morgan fingerprint density at radius 1 is 1.29 bits per heavy atom. The molecule has 1 fully saturated rings. The zero-order valence-electron chi connectivity index (χ0n) is 13.8. The number of amides is 2. The van der Waals surface area contributed by atoms with Gasteiger partial charge < -0.3 is 10.6 Å². The number of aromatic nitrogens is 2. The molecule has 1 aromatic carbocycles. The van der Waals surface area contributed by atoms with E-state index < -0.39 is 5.91 Å². The van der Waals surface area contributed by atoms with Crippen molar-refractivity contribution in [2.24, 2.45) is 5.73 Å². The summed E-state index contributed by atoms with van der Waals surface area (Å²) in [5.74, 6) is -0.455. The summed E-state index contributed by atoms with van der Waals surface area (Å²) in [7, 11) is 0. The monoisotopic (exact) mass is 326 g/mol. The van der Waals surface area contributed by atoms with Gasteiger partial charge in [-0.2, -0.15) is 5.10 Å². The van der Waals surface area contributed by atoms with Gasteiger partial charge in [0.25, 0.3) is 5.91 Å². The summed E-state index contributed by atoms with van der Waals surface area (Å²) in [5.41, 5.74) is 8.61. The standard InChI is InChI=1S/C18H22N4O2/c1-12-5-7-13(8-6-12)10-16(23)22-9-3-2-4-15(22)17-14(18(19)24)11-20-21-17/h5-8,11,15H,2-4,9-10H2,1H3,(H2,19,24)(H,20,21). The molecule has 3 N–H and O–H groups in total. The number of hydrogen-bond acceptors (Lipinski definition) is 3. The highest BCUT2D eigenvalue weighted by atomic mass is 16.2. The van der Waals surface area contributed by atoms with E-state index in [1.807, 2.05) is 36.1 Å². The molecule has 1 atom stereocenters. The van der Waals surface area contributed by atoms with Crippen molar-refractivity contribution < 1.29 is 9.59 Å². The van der Waals surface area contributed by atoms with Gasteiger partial charge in [0, 0.05) is 6.54 Å². The Hall–Kier alpha value is -2.63. The third-order valence-electron chi connectivity index (χ3n) is 4.57. The van der Waals surface area contributed by atoms with Crippen LogP contribution in [-0.2, 0) is 11.2 Å². The minimum atomic E-state index is -0.518. The molecule has 1 aliphatic heterocycles. The molecule has 2 heterocycles. The fourth-order valence-corrected chi connectivity index (χ4v) is 3.26. The molecule has 0 saturated carbocycles. The summed E-state index contributed by atoms with van der Waals surface area (Å²) in [6, 6.07) is 7.82. The fourth-order valence-electron chi connectivity index (χ4n) is 3.26. The van der Waals surface area contributed by atoms with Gasteiger partial charge in [-0.05, 0) is 31.7 Å². The lowest BCUT2D eigenvalue weighted by molar-refractivity contribution is -0.134. The van der Waals surface area contributed by atoms with Crippen LogP contribution in [-0.4, -0.2) is 33.5 Å². The molecule has 0 bridgehead atoms. The van der Waals surface area contributed by atoms with E-state index in [9.17, 15) is 9.59 Å². The number of likely N-dealkylation sites (tertiary alicyclic amines) is 1. The average molecular weight is 326 g/mol. The van der Waals surface area contributed by atoms with Crippen molar-refractivity contribution in [3.63, 3.8) is 0 Å². The van der Waals surface area contributed by atoms with E-state index in [2.05, 4.69) is 10.2 Å². The Kier molecular flexibility index (Phi) is 4.64. The Morgan fingerprint density at radius 3 is 2.75 bits per heavy atom. The number of benzene rings is 1. The molecule has 1 aliphatic rings. The summed E-state index contributed by atoms with van der Waals surface area (Å²) in [6.45, 7) is 2.71. The smallest absolute Gasteiger partial charge is 0.252 e. The summed E-state index contributed by atoms with van der Waals surface area (Å²) >= 11 is 0. The van der Waals surface area contributed by atoms with Gasteiger partial charge in [-0.1, -0.05) is 29.8 Å². The maximum atomic E-state index is 12.8. The van der Waals surface area contributed by atoms with Crippen LogP contribution in [0.1, 0.15) is 52.5 Å². The van der Waals surface area contributed by atoms with E-state index in [1.165, 1.54) is 11.8 Å². The van der Waals surface area contributed by atoms with Gasteiger partial charge in [-0.25, -0.2) is 0 Å². The topological polar surface area (TPSA) is 92.1 Å². The number of carbonyl (C=O) groups excluding carboxylic acids is 2. The Morgan fingerprint density at radius 2 is 2.04 bits per heavy atom. The van der Waals surface area contributed by atoms with E-state index in [0.717, 1.165) is 24.8 Å². The van der Waals surface area contributed by atoms with Crippen molar-refractivity contribution in [2.75, 3.05) is 6.54 Å². The van der Waals surface area contributed by atoms with E-state index in [1.54, 1.807) is 0 Å². The number of H-pyrrole nitrogens is 1.